The van der Waals surface area contributed by atoms with Crippen LogP contribution in [-0.4, -0.2) is 24.5 Å². The molecule has 2 rings (SSSR count). The molecule has 21 heavy (non-hydrogen) atoms. The summed E-state index contributed by atoms with van der Waals surface area (Å²) in [7, 11) is 0. The molecule has 118 valence electrons. The van der Waals surface area contributed by atoms with Gasteiger partial charge in [-0.05, 0) is 55.1 Å². The molecule has 0 spiro atoms. The van der Waals surface area contributed by atoms with Crippen molar-refractivity contribution in [3.8, 4) is 0 Å². The summed E-state index contributed by atoms with van der Waals surface area (Å²) >= 11 is 3.54. The van der Waals surface area contributed by atoms with Gasteiger partial charge >= 0.3 is 0 Å². The third kappa shape index (κ3) is 3.66. The second kappa shape index (κ2) is 7.21. The van der Waals surface area contributed by atoms with E-state index in [-0.39, 0.29) is 11.9 Å². The van der Waals surface area contributed by atoms with Gasteiger partial charge in [0.15, 0.2) is 0 Å². The molecule has 1 fully saturated rings. The van der Waals surface area contributed by atoms with E-state index < -0.39 is 0 Å². The van der Waals surface area contributed by atoms with Crippen molar-refractivity contribution in [2.45, 2.75) is 45.6 Å². The van der Waals surface area contributed by atoms with E-state index in [1.54, 1.807) is 12.1 Å². The Hall–Kier alpha value is -0.450. The average Bonchev–Trinajstić information content (AvgIpc) is 2.52. The minimum atomic E-state index is -0.194. The first-order chi connectivity index (χ1) is 10.0. The molecule has 0 aromatic heterocycles. The van der Waals surface area contributed by atoms with Crippen LogP contribution in [0.4, 0.5) is 4.39 Å². The van der Waals surface area contributed by atoms with E-state index in [4.69, 9.17) is 5.73 Å². The lowest BCUT2D eigenvalue weighted by molar-refractivity contribution is 0.0677. The van der Waals surface area contributed by atoms with Crippen LogP contribution in [0.5, 0.6) is 0 Å². The fourth-order valence-corrected chi connectivity index (χ4v) is 4.02. The van der Waals surface area contributed by atoms with Crippen molar-refractivity contribution in [2.24, 2.45) is 11.1 Å². The third-order valence-electron chi connectivity index (χ3n) is 5.34. The molecule has 2 nitrogen and oxygen atoms in total. The van der Waals surface area contributed by atoms with Gasteiger partial charge in [-0.2, -0.15) is 0 Å². The van der Waals surface area contributed by atoms with Crippen molar-refractivity contribution in [3.05, 3.63) is 34.1 Å². The van der Waals surface area contributed by atoms with Gasteiger partial charge in [-0.1, -0.05) is 42.6 Å². The number of rotatable bonds is 5. The van der Waals surface area contributed by atoms with E-state index in [9.17, 15) is 4.39 Å². The van der Waals surface area contributed by atoms with Crippen LogP contribution in [0, 0.1) is 11.2 Å². The molecule has 1 aliphatic rings. The zero-order valence-corrected chi connectivity index (χ0v) is 14.6. The second-order valence-electron chi connectivity index (χ2n) is 6.16. The highest BCUT2D eigenvalue weighted by Crippen LogP contribution is 2.40. The summed E-state index contributed by atoms with van der Waals surface area (Å²) in [5.41, 5.74) is 7.47. The van der Waals surface area contributed by atoms with Gasteiger partial charge in [0.25, 0.3) is 0 Å². The minimum Gasteiger partial charge on any atom is -0.329 e. The molecular weight excluding hydrogens is 331 g/mol. The molecule has 4 heteroatoms. The van der Waals surface area contributed by atoms with Crippen LogP contribution < -0.4 is 5.73 Å². The zero-order chi connectivity index (χ0) is 15.5. The Balaban J connectivity index is 2.15. The summed E-state index contributed by atoms with van der Waals surface area (Å²) in [4.78, 5) is 2.42. The van der Waals surface area contributed by atoms with Crippen molar-refractivity contribution >= 4 is 15.9 Å². The Bertz CT molecular complexity index is 464. The van der Waals surface area contributed by atoms with Crippen LogP contribution in [0.1, 0.15) is 51.1 Å². The molecule has 1 aromatic rings. The Morgan fingerprint density at radius 3 is 2.43 bits per heavy atom. The fraction of sp³-hybridized carbons (Fsp3) is 0.647. The topological polar surface area (TPSA) is 29.3 Å². The first-order valence-electron chi connectivity index (χ1n) is 7.94. The number of nitrogens with zero attached hydrogens (tertiary/aromatic N) is 1. The van der Waals surface area contributed by atoms with E-state index in [2.05, 4.69) is 34.7 Å². The summed E-state index contributed by atoms with van der Waals surface area (Å²) in [5.74, 6) is -0.194. The maximum Gasteiger partial charge on any atom is 0.123 e. The maximum atomic E-state index is 13.6. The Kier molecular flexibility index (Phi) is 5.81. The molecule has 0 radical (unpaired) electrons. The average molecular weight is 357 g/mol. The highest BCUT2D eigenvalue weighted by molar-refractivity contribution is 9.10. The lowest BCUT2D eigenvalue weighted by Crippen LogP contribution is -2.43. The molecule has 1 atom stereocenters. The zero-order valence-electron chi connectivity index (χ0n) is 13.0. The van der Waals surface area contributed by atoms with E-state index in [1.807, 2.05) is 0 Å². The number of nitrogens with two attached hydrogens (primary N) is 1. The molecule has 1 heterocycles. The van der Waals surface area contributed by atoms with Crippen molar-refractivity contribution < 1.29 is 4.39 Å². The van der Waals surface area contributed by atoms with Crippen LogP contribution >= 0.6 is 15.9 Å². The van der Waals surface area contributed by atoms with Crippen molar-refractivity contribution in [1.29, 1.82) is 0 Å². The van der Waals surface area contributed by atoms with Gasteiger partial charge in [0.05, 0.1) is 0 Å². The van der Waals surface area contributed by atoms with E-state index in [0.29, 0.717) is 12.0 Å². The summed E-state index contributed by atoms with van der Waals surface area (Å²) in [5, 5.41) is 0. The molecule has 0 aliphatic carbocycles. The van der Waals surface area contributed by atoms with Gasteiger partial charge in [-0.25, -0.2) is 4.39 Å². The molecule has 1 aliphatic heterocycles. The number of piperidine rings is 1. The van der Waals surface area contributed by atoms with Crippen LogP contribution in [0.3, 0.4) is 0 Å². The van der Waals surface area contributed by atoms with E-state index >= 15 is 0 Å². The predicted molar refractivity (Wildman–Crippen MR) is 89.7 cm³/mol. The highest BCUT2D eigenvalue weighted by Gasteiger charge is 2.34. The largest absolute Gasteiger partial charge is 0.329 e. The highest BCUT2D eigenvalue weighted by atomic mass is 79.9. The third-order valence-corrected chi connectivity index (χ3v) is 6.06. The van der Waals surface area contributed by atoms with Crippen LogP contribution in [0.25, 0.3) is 0 Å². The minimum absolute atomic E-state index is 0.0989. The molecule has 1 aromatic carbocycles. The molecule has 0 bridgehead atoms. The quantitative estimate of drug-likeness (QED) is 0.841. The number of benzene rings is 1. The van der Waals surface area contributed by atoms with Crippen molar-refractivity contribution in [1.82, 2.24) is 4.90 Å². The first-order valence-corrected chi connectivity index (χ1v) is 8.73. The molecule has 0 amide bonds. The number of hydrogen-bond donors (Lipinski definition) is 1. The van der Waals surface area contributed by atoms with Crippen LogP contribution in [0.2, 0.25) is 0 Å². The lowest BCUT2D eigenvalue weighted by Gasteiger charge is -2.44. The molecule has 1 saturated heterocycles. The standard InChI is InChI=1S/C17H26BrFN2/c1-3-17(4-2)7-9-21(10-8-17)16(12-20)14-11-13(19)5-6-15(14)18/h5-6,11,16H,3-4,7-10,12,20H2,1-2H3. The van der Waals surface area contributed by atoms with Crippen molar-refractivity contribution in [2.75, 3.05) is 19.6 Å². The molecular formula is C17H26BrFN2. The Morgan fingerprint density at radius 1 is 1.29 bits per heavy atom. The van der Waals surface area contributed by atoms with E-state index in [1.165, 1.54) is 31.7 Å². The number of halogens is 2. The first kappa shape index (κ1) is 16.9. The van der Waals surface area contributed by atoms with Gasteiger partial charge in [0.2, 0.25) is 0 Å². The molecule has 0 saturated carbocycles. The van der Waals surface area contributed by atoms with Gasteiger partial charge < -0.3 is 5.73 Å². The monoisotopic (exact) mass is 356 g/mol. The predicted octanol–water partition coefficient (Wildman–Crippen LogP) is 4.49. The molecule has 1 unspecified atom stereocenters. The fourth-order valence-electron chi connectivity index (χ4n) is 3.51. The summed E-state index contributed by atoms with van der Waals surface area (Å²) in [6, 6.07) is 4.97. The van der Waals surface area contributed by atoms with Gasteiger partial charge in [0, 0.05) is 17.1 Å². The SMILES string of the molecule is CCC1(CC)CCN(C(CN)c2cc(F)ccc2Br)CC1. The number of hydrogen-bond acceptors (Lipinski definition) is 2. The summed E-state index contributed by atoms with van der Waals surface area (Å²) < 4.78 is 14.5. The van der Waals surface area contributed by atoms with Gasteiger partial charge in [0.1, 0.15) is 5.82 Å². The van der Waals surface area contributed by atoms with Crippen molar-refractivity contribution in [3.63, 3.8) is 0 Å². The lowest BCUT2D eigenvalue weighted by atomic mass is 9.74. The van der Waals surface area contributed by atoms with Gasteiger partial charge in [-0.3, -0.25) is 4.90 Å². The summed E-state index contributed by atoms with van der Waals surface area (Å²) in [6.45, 7) is 7.21. The Morgan fingerprint density at radius 2 is 1.90 bits per heavy atom. The smallest absolute Gasteiger partial charge is 0.123 e. The van der Waals surface area contributed by atoms with E-state index in [0.717, 1.165) is 23.1 Å². The summed E-state index contributed by atoms with van der Waals surface area (Å²) in [6.07, 6.45) is 4.91. The normalized spacial score (nSPS) is 20.4. The molecule has 2 N–H and O–H groups in total. The van der Waals surface area contributed by atoms with Gasteiger partial charge in [-0.15, -0.1) is 0 Å². The van der Waals surface area contributed by atoms with Crippen LogP contribution in [0.15, 0.2) is 22.7 Å². The number of likely N-dealkylation sites (tertiary alicyclic amines) is 1. The van der Waals surface area contributed by atoms with Crippen LogP contribution in [-0.2, 0) is 0 Å². The second-order valence-corrected chi connectivity index (χ2v) is 7.01. The Labute approximate surface area is 136 Å². The maximum absolute atomic E-state index is 13.6.